The predicted octanol–water partition coefficient (Wildman–Crippen LogP) is 3.05. The Bertz CT molecular complexity index is 1920. The first-order chi connectivity index (χ1) is 32.6. The van der Waals surface area contributed by atoms with Gasteiger partial charge in [0.1, 0.15) is 35.4 Å². The molecular formula is C46H69F4N7O14. The van der Waals surface area contributed by atoms with Gasteiger partial charge in [-0.15, -0.1) is 0 Å². The number of halogens is 4. The Morgan fingerprint density at radius 2 is 0.859 bits per heavy atom. The van der Waals surface area contributed by atoms with Gasteiger partial charge in [0.15, 0.2) is 12.2 Å². The first-order valence-corrected chi connectivity index (χ1v) is 23.8. The van der Waals surface area contributed by atoms with E-state index in [2.05, 4.69) is 10.6 Å². The zero-order chi connectivity index (χ0) is 53.9. The Kier molecular flexibility index (Phi) is 18.2. The highest BCUT2D eigenvalue weighted by molar-refractivity contribution is 6.03. The molecule has 0 aliphatic carbocycles. The smallest absolute Gasteiger partial charge is 0.408 e. The molecule has 0 aromatic carbocycles. The number of imide groups is 1. The van der Waals surface area contributed by atoms with Crippen LogP contribution in [-0.2, 0) is 57.3 Å². The fraction of sp³-hybridized carbons (Fsp3) is 0.783. The summed E-state index contributed by atoms with van der Waals surface area (Å²) in [5, 5.41) is 6.70. The van der Waals surface area contributed by atoms with Crippen molar-refractivity contribution in [3.05, 3.63) is 0 Å². The molecule has 0 unspecified atom stereocenters. The van der Waals surface area contributed by atoms with Crippen LogP contribution in [0.25, 0.3) is 0 Å². The molecule has 0 bridgehead atoms. The first kappa shape index (κ1) is 57.8. The average Bonchev–Trinajstić information content (AvgIpc) is 4.09. The lowest BCUT2D eigenvalue weighted by atomic mass is 9.95. The Hall–Kier alpha value is -5.78. The Morgan fingerprint density at radius 1 is 0.563 bits per heavy atom. The van der Waals surface area contributed by atoms with E-state index < -0.39 is 156 Å². The Morgan fingerprint density at radius 3 is 1.13 bits per heavy atom. The summed E-state index contributed by atoms with van der Waals surface area (Å²) in [6.07, 6.45) is -8.03. The van der Waals surface area contributed by atoms with E-state index in [0.717, 1.165) is 23.6 Å². The van der Waals surface area contributed by atoms with E-state index in [-0.39, 0.29) is 26.2 Å². The van der Waals surface area contributed by atoms with E-state index in [1.54, 1.807) is 0 Å². The lowest BCUT2D eigenvalue weighted by Crippen LogP contribution is -2.66. The van der Waals surface area contributed by atoms with Crippen molar-refractivity contribution >= 4 is 59.6 Å². The molecule has 4 rings (SSSR count). The standard InChI is InChI=1S/C46H69F4N7O14/c1-23(2)31(51-41(66)70-43(7,8)9)37(62)56(27-21-29(58)68-33(27)45(47,48)39(64)54-17-13-14-18-54)25(5)35(60)53-36(61)26(6)57(38(63)32(24(3)4)52-42(67)71-44(10,11)12)28-22-30(59)69-34(28)46(49,50)40(65)55-19-15-16-20-55/h23-28,31-34H,13-22H2,1-12H3,(H,51,66)(H,52,67)(H,53,60,61)/t25-,26-,27-,28-,31+,32+,33+,34+/m1/s1. The quantitative estimate of drug-likeness (QED) is 0.114. The van der Waals surface area contributed by atoms with Crippen LogP contribution in [0.1, 0.15) is 122 Å². The van der Waals surface area contributed by atoms with Crippen LogP contribution in [0, 0.1) is 11.8 Å². The number of carbonyl (C=O) groups is 10. The number of hydrogen-bond acceptors (Lipinski definition) is 14. The molecule has 4 aliphatic heterocycles. The normalized spacial score (nSPS) is 22.5. The highest BCUT2D eigenvalue weighted by Gasteiger charge is 2.63. The lowest BCUT2D eigenvalue weighted by molar-refractivity contribution is -0.186. The maximum Gasteiger partial charge on any atom is 0.408 e. The highest BCUT2D eigenvalue weighted by Crippen LogP contribution is 2.39. The van der Waals surface area contributed by atoms with Gasteiger partial charge in [0.2, 0.25) is 23.6 Å². The summed E-state index contributed by atoms with van der Waals surface area (Å²) in [5.74, 6) is -22.2. The number of alkyl halides is 4. The third kappa shape index (κ3) is 13.8. The first-order valence-electron chi connectivity index (χ1n) is 23.8. The molecule has 8 amide bonds. The maximum atomic E-state index is 16.4. The van der Waals surface area contributed by atoms with E-state index >= 15 is 17.6 Å². The minimum absolute atomic E-state index is 0.0421. The number of carbonyl (C=O) groups excluding carboxylic acids is 10. The SMILES string of the molecule is CC(C)[C@H](NC(=O)OC(C)(C)C)C(=O)N([C@H](C)C(=O)NC(=O)[C@@H](C)N(C(=O)[C@@H](NC(=O)OC(C)(C)C)C(C)C)[C@@H]1CC(=O)O[C@@H]1C(F)(F)C(=O)N1CCCC1)[C@@H]1CC(=O)O[C@@H]1C(F)(F)C(=O)N1CCCC1. The number of ether oxygens (including phenoxy) is 4. The van der Waals surface area contributed by atoms with E-state index in [0.29, 0.717) is 35.5 Å². The Labute approximate surface area is 410 Å². The van der Waals surface area contributed by atoms with Crippen molar-refractivity contribution in [2.75, 3.05) is 26.2 Å². The predicted molar refractivity (Wildman–Crippen MR) is 240 cm³/mol. The van der Waals surface area contributed by atoms with Crippen molar-refractivity contribution in [2.45, 2.75) is 193 Å². The van der Waals surface area contributed by atoms with Crippen LogP contribution in [0.2, 0.25) is 0 Å². The third-order valence-electron chi connectivity index (χ3n) is 12.3. The van der Waals surface area contributed by atoms with E-state index in [4.69, 9.17) is 18.9 Å². The summed E-state index contributed by atoms with van der Waals surface area (Å²) in [6.45, 7) is 16.7. The molecule has 4 heterocycles. The summed E-state index contributed by atoms with van der Waals surface area (Å²) in [7, 11) is 0. The second-order valence-corrected chi connectivity index (χ2v) is 21.0. The van der Waals surface area contributed by atoms with Crippen LogP contribution in [0.15, 0.2) is 0 Å². The summed E-state index contributed by atoms with van der Waals surface area (Å²) < 4.78 is 86.3. The number of nitrogens with zero attached hydrogens (tertiary/aromatic N) is 4. The van der Waals surface area contributed by atoms with Crippen LogP contribution in [0.4, 0.5) is 27.2 Å². The van der Waals surface area contributed by atoms with Gasteiger partial charge in [-0.05, 0) is 92.9 Å². The van der Waals surface area contributed by atoms with Gasteiger partial charge in [0.05, 0.1) is 24.9 Å². The lowest BCUT2D eigenvalue weighted by Gasteiger charge is -2.41. The molecule has 8 atom stereocenters. The van der Waals surface area contributed by atoms with Gasteiger partial charge in [0, 0.05) is 26.2 Å². The van der Waals surface area contributed by atoms with Crippen LogP contribution in [0.5, 0.6) is 0 Å². The second kappa shape index (κ2) is 22.3. The molecule has 71 heavy (non-hydrogen) atoms. The van der Waals surface area contributed by atoms with Crippen LogP contribution < -0.4 is 16.0 Å². The topological polar surface area (TPSA) is 257 Å². The summed E-state index contributed by atoms with van der Waals surface area (Å²) in [6, 6.07) is -11.7. The number of esters is 2. The fourth-order valence-corrected chi connectivity index (χ4v) is 8.80. The minimum atomic E-state index is -4.48. The molecule has 0 aromatic rings. The van der Waals surface area contributed by atoms with Gasteiger partial charge in [0.25, 0.3) is 11.8 Å². The van der Waals surface area contributed by atoms with Crippen LogP contribution >= 0.6 is 0 Å². The monoisotopic (exact) mass is 1020 g/mol. The van der Waals surface area contributed by atoms with Crippen molar-refractivity contribution < 1.29 is 84.5 Å². The second-order valence-electron chi connectivity index (χ2n) is 21.0. The largest absolute Gasteiger partial charge is 0.453 e. The molecule has 4 aliphatic rings. The fourth-order valence-electron chi connectivity index (χ4n) is 8.80. The third-order valence-corrected chi connectivity index (χ3v) is 12.3. The maximum absolute atomic E-state index is 16.4. The minimum Gasteiger partial charge on any atom is -0.453 e. The van der Waals surface area contributed by atoms with Crippen LogP contribution in [0.3, 0.4) is 0 Å². The van der Waals surface area contributed by atoms with E-state index in [9.17, 15) is 47.9 Å². The van der Waals surface area contributed by atoms with Crippen molar-refractivity contribution in [1.29, 1.82) is 0 Å². The number of cyclic esters (lactones) is 2. The molecule has 0 radical (unpaired) electrons. The van der Waals surface area contributed by atoms with Gasteiger partial charge in [-0.2, -0.15) is 17.6 Å². The van der Waals surface area contributed by atoms with E-state index in [1.165, 1.54) is 69.2 Å². The number of nitrogens with one attached hydrogen (secondary N) is 3. The number of alkyl carbamates (subject to hydrolysis) is 2. The zero-order valence-electron chi connectivity index (χ0n) is 42.4. The van der Waals surface area contributed by atoms with Gasteiger partial charge >= 0.3 is 36.0 Å². The number of amides is 8. The summed E-state index contributed by atoms with van der Waals surface area (Å²) >= 11 is 0. The van der Waals surface area contributed by atoms with E-state index in [1.807, 2.05) is 5.32 Å². The van der Waals surface area contributed by atoms with Crippen molar-refractivity contribution in [3.8, 4) is 0 Å². The number of likely N-dealkylation sites (tertiary alicyclic amines) is 2. The van der Waals surface area contributed by atoms with Crippen molar-refractivity contribution in [2.24, 2.45) is 11.8 Å². The average molecular weight is 1020 g/mol. The molecule has 4 saturated heterocycles. The molecule has 3 N–H and O–H groups in total. The van der Waals surface area contributed by atoms with Gasteiger partial charge in [-0.1, -0.05) is 27.7 Å². The van der Waals surface area contributed by atoms with Gasteiger partial charge in [-0.25, -0.2) is 9.59 Å². The van der Waals surface area contributed by atoms with Crippen molar-refractivity contribution in [1.82, 2.24) is 35.6 Å². The summed E-state index contributed by atoms with van der Waals surface area (Å²) in [4.78, 5) is 140. The Balaban J connectivity index is 1.80. The summed E-state index contributed by atoms with van der Waals surface area (Å²) in [5.41, 5.74) is -2.19. The molecule has 25 heteroatoms. The molecule has 4 fully saturated rings. The molecule has 0 saturated carbocycles. The van der Waals surface area contributed by atoms with Crippen molar-refractivity contribution in [3.63, 3.8) is 0 Å². The molecule has 400 valence electrons. The zero-order valence-corrected chi connectivity index (χ0v) is 42.4. The molecular weight excluding hydrogens is 951 g/mol. The highest BCUT2D eigenvalue weighted by atomic mass is 19.3. The molecule has 0 aromatic heterocycles. The van der Waals surface area contributed by atoms with Gasteiger partial charge < -0.3 is 49.2 Å². The number of hydrogen-bond donors (Lipinski definition) is 3. The molecule has 21 nitrogen and oxygen atoms in total. The molecule has 0 spiro atoms. The van der Waals surface area contributed by atoms with Gasteiger partial charge in [-0.3, -0.25) is 43.7 Å². The van der Waals surface area contributed by atoms with Crippen LogP contribution in [-0.4, -0.2) is 177 Å². The number of rotatable bonds is 16.